The summed E-state index contributed by atoms with van der Waals surface area (Å²) in [5.41, 5.74) is 5.06. The van der Waals surface area contributed by atoms with Crippen LogP contribution in [-0.2, 0) is 4.79 Å². The number of hydrogen-bond donors (Lipinski definition) is 3. The van der Waals surface area contributed by atoms with Gasteiger partial charge in [0.05, 0.1) is 11.0 Å². The first-order chi connectivity index (χ1) is 8.97. The molecule has 0 spiro atoms. The smallest absolute Gasteiger partial charge is 0.296 e. The molecule has 4 N–H and O–H groups in total. The maximum Gasteiger partial charge on any atom is 0.296 e. The molecule has 1 aromatic carbocycles. The van der Waals surface area contributed by atoms with E-state index in [1.807, 2.05) is 6.26 Å². The lowest BCUT2D eigenvalue weighted by Gasteiger charge is -2.12. The molecule has 1 aromatic rings. The van der Waals surface area contributed by atoms with Crippen LogP contribution in [0, 0.1) is 10.1 Å². The number of benzene rings is 1. The Labute approximate surface area is 114 Å². The number of hydrogen-bond acceptors (Lipinski definition) is 6. The Morgan fingerprint density at radius 3 is 2.89 bits per heavy atom. The Bertz CT molecular complexity index is 481. The molecule has 0 radical (unpaired) electrons. The van der Waals surface area contributed by atoms with E-state index in [0.717, 1.165) is 0 Å². The van der Waals surface area contributed by atoms with Gasteiger partial charge in [-0.2, -0.15) is 11.8 Å². The average Bonchev–Trinajstić information content (AvgIpc) is 2.37. The molecule has 0 aliphatic heterocycles. The van der Waals surface area contributed by atoms with Crippen molar-refractivity contribution in [1.82, 2.24) is 0 Å². The van der Waals surface area contributed by atoms with Crippen molar-refractivity contribution >= 4 is 29.0 Å². The van der Waals surface area contributed by atoms with Gasteiger partial charge in [-0.3, -0.25) is 14.9 Å². The van der Waals surface area contributed by atoms with Crippen LogP contribution < -0.4 is 11.1 Å². The highest BCUT2D eigenvalue weighted by molar-refractivity contribution is 7.98. The van der Waals surface area contributed by atoms with Crippen LogP contribution in [-0.4, -0.2) is 34.0 Å². The van der Waals surface area contributed by atoms with Gasteiger partial charge < -0.3 is 16.2 Å². The SMILES string of the molecule is CSCC[C@@H](N)C(=O)Nc1c(O)cccc1[N+](=O)[O-]. The second kappa shape index (κ2) is 6.95. The third-order valence-corrected chi connectivity index (χ3v) is 3.08. The van der Waals surface area contributed by atoms with Gasteiger partial charge in [0.25, 0.3) is 5.69 Å². The Hall–Kier alpha value is -1.80. The number of amides is 1. The molecule has 0 fully saturated rings. The summed E-state index contributed by atoms with van der Waals surface area (Å²) in [5.74, 6) is -0.212. The number of nitrogens with one attached hydrogen (secondary N) is 1. The van der Waals surface area contributed by atoms with Gasteiger partial charge in [-0.25, -0.2) is 0 Å². The number of aromatic hydroxyl groups is 1. The Morgan fingerprint density at radius 2 is 2.32 bits per heavy atom. The molecule has 8 heteroatoms. The van der Waals surface area contributed by atoms with E-state index in [4.69, 9.17) is 5.73 Å². The van der Waals surface area contributed by atoms with Crippen molar-refractivity contribution < 1.29 is 14.8 Å². The largest absolute Gasteiger partial charge is 0.505 e. The maximum atomic E-state index is 11.8. The quantitative estimate of drug-likeness (QED) is 0.412. The highest BCUT2D eigenvalue weighted by atomic mass is 32.2. The number of rotatable bonds is 6. The third kappa shape index (κ3) is 4.11. The summed E-state index contributed by atoms with van der Waals surface area (Å²) in [5, 5.41) is 22.7. The summed E-state index contributed by atoms with van der Waals surface area (Å²) >= 11 is 1.55. The lowest BCUT2D eigenvalue weighted by molar-refractivity contribution is -0.384. The molecular weight excluding hydrogens is 270 g/mol. The number of carbonyl (C=O) groups excluding carboxylic acids is 1. The van der Waals surface area contributed by atoms with Gasteiger partial charge in [0, 0.05) is 6.07 Å². The molecular formula is C11H15N3O4S. The number of carbonyl (C=O) groups is 1. The van der Waals surface area contributed by atoms with Crippen molar-refractivity contribution in [3.63, 3.8) is 0 Å². The molecule has 0 unspecified atom stereocenters. The molecule has 0 saturated heterocycles. The molecule has 0 heterocycles. The van der Waals surface area contributed by atoms with E-state index in [9.17, 15) is 20.0 Å². The number of phenolic OH excluding ortho intramolecular Hbond substituents is 1. The van der Waals surface area contributed by atoms with Crippen molar-refractivity contribution in [2.75, 3.05) is 17.3 Å². The minimum atomic E-state index is -0.772. The van der Waals surface area contributed by atoms with Crippen LogP contribution >= 0.6 is 11.8 Å². The molecule has 1 atom stereocenters. The van der Waals surface area contributed by atoms with Gasteiger partial charge in [-0.1, -0.05) is 6.07 Å². The third-order valence-electron chi connectivity index (χ3n) is 2.44. The van der Waals surface area contributed by atoms with Crippen molar-refractivity contribution in [2.45, 2.75) is 12.5 Å². The van der Waals surface area contributed by atoms with Gasteiger partial charge in [-0.05, 0) is 24.5 Å². The molecule has 0 saturated carbocycles. The van der Waals surface area contributed by atoms with Gasteiger partial charge in [-0.15, -0.1) is 0 Å². The summed E-state index contributed by atoms with van der Waals surface area (Å²) < 4.78 is 0. The van der Waals surface area contributed by atoms with Crippen molar-refractivity contribution in [2.24, 2.45) is 5.73 Å². The first-order valence-corrected chi connectivity index (χ1v) is 6.88. The Balaban J connectivity index is 2.87. The monoisotopic (exact) mass is 285 g/mol. The second-order valence-electron chi connectivity index (χ2n) is 3.81. The van der Waals surface area contributed by atoms with Crippen LogP contribution in [0.4, 0.5) is 11.4 Å². The van der Waals surface area contributed by atoms with E-state index in [1.54, 1.807) is 11.8 Å². The number of nitrogens with two attached hydrogens (primary N) is 1. The van der Waals surface area contributed by atoms with Crippen LogP contribution in [0.15, 0.2) is 18.2 Å². The number of thioether (sulfide) groups is 1. The van der Waals surface area contributed by atoms with E-state index >= 15 is 0 Å². The number of para-hydroxylation sites is 1. The Morgan fingerprint density at radius 1 is 1.63 bits per heavy atom. The van der Waals surface area contributed by atoms with E-state index in [2.05, 4.69) is 5.32 Å². The highest BCUT2D eigenvalue weighted by Crippen LogP contribution is 2.33. The zero-order valence-electron chi connectivity index (χ0n) is 10.3. The molecule has 0 aromatic heterocycles. The van der Waals surface area contributed by atoms with Crippen molar-refractivity contribution in [3.8, 4) is 5.75 Å². The van der Waals surface area contributed by atoms with E-state index in [1.165, 1.54) is 18.2 Å². The summed E-state index contributed by atoms with van der Waals surface area (Å²) in [6, 6.07) is 3.02. The molecule has 1 rings (SSSR count). The molecule has 0 bridgehead atoms. The number of phenols is 1. The first-order valence-electron chi connectivity index (χ1n) is 5.49. The fourth-order valence-electron chi connectivity index (χ4n) is 1.40. The van der Waals surface area contributed by atoms with Gasteiger partial charge >= 0.3 is 0 Å². The number of anilines is 1. The standard InChI is InChI=1S/C11H15N3O4S/c1-19-6-5-7(12)11(16)13-10-8(14(17)18)3-2-4-9(10)15/h2-4,7,15H,5-6,12H2,1H3,(H,13,16)/t7-/m1/s1. The molecule has 104 valence electrons. The van der Waals surface area contributed by atoms with Crippen molar-refractivity contribution in [3.05, 3.63) is 28.3 Å². The first kappa shape index (κ1) is 15.3. The zero-order chi connectivity index (χ0) is 14.4. The molecule has 19 heavy (non-hydrogen) atoms. The topological polar surface area (TPSA) is 118 Å². The van der Waals surface area contributed by atoms with Gasteiger partial charge in [0.2, 0.25) is 5.91 Å². The fourth-order valence-corrected chi connectivity index (χ4v) is 1.89. The second-order valence-corrected chi connectivity index (χ2v) is 4.79. The lowest BCUT2D eigenvalue weighted by Crippen LogP contribution is -2.36. The highest BCUT2D eigenvalue weighted by Gasteiger charge is 2.22. The lowest BCUT2D eigenvalue weighted by atomic mass is 10.2. The van der Waals surface area contributed by atoms with Crippen LogP contribution in [0.2, 0.25) is 0 Å². The molecule has 0 aliphatic carbocycles. The summed E-state index contributed by atoms with van der Waals surface area (Å²) in [4.78, 5) is 21.9. The summed E-state index contributed by atoms with van der Waals surface area (Å²) in [6.45, 7) is 0. The average molecular weight is 285 g/mol. The fraction of sp³-hybridized carbons (Fsp3) is 0.364. The van der Waals surface area contributed by atoms with E-state index in [-0.39, 0.29) is 17.1 Å². The number of nitro benzene ring substituents is 1. The maximum absolute atomic E-state index is 11.8. The molecule has 0 aliphatic rings. The van der Waals surface area contributed by atoms with Crippen LogP contribution in [0.1, 0.15) is 6.42 Å². The molecule has 7 nitrogen and oxygen atoms in total. The summed E-state index contributed by atoms with van der Waals surface area (Å²) in [7, 11) is 0. The number of nitro groups is 1. The predicted octanol–water partition coefficient (Wildman–Crippen LogP) is 1.32. The van der Waals surface area contributed by atoms with E-state index in [0.29, 0.717) is 12.2 Å². The minimum Gasteiger partial charge on any atom is -0.505 e. The van der Waals surface area contributed by atoms with Gasteiger partial charge in [0.1, 0.15) is 5.75 Å². The van der Waals surface area contributed by atoms with E-state index < -0.39 is 16.9 Å². The predicted molar refractivity (Wildman–Crippen MR) is 74.4 cm³/mol. The van der Waals surface area contributed by atoms with Crippen LogP contribution in [0.3, 0.4) is 0 Å². The Kier molecular flexibility index (Phi) is 5.58. The summed E-state index contributed by atoms with van der Waals surface area (Å²) in [6.07, 6.45) is 2.34. The zero-order valence-corrected chi connectivity index (χ0v) is 11.1. The van der Waals surface area contributed by atoms with Crippen LogP contribution in [0.5, 0.6) is 5.75 Å². The number of nitrogens with zero attached hydrogens (tertiary/aromatic N) is 1. The molecule has 1 amide bonds. The normalized spacial score (nSPS) is 11.9. The minimum absolute atomic E-state index is 0.225. The van der Waals surface area contributed by atoms with Gasteiger partial charge in [0.15, 0.2) is 5.69 Å². The van der Waals surface area contributed by atoms with Crippen molar-refractivity contribution in [1.29, 1.82) is 0 Å². The van der Waals surface area contributed by atoms with Crippen LogP contribution in [0.25, 0.3) is 0 Å².